The molecule has 3 aromatic rings. The Labute approximate surface area is 152 Å². The number of aliphatic hydroxyl groups is 1. The quantitative estimate of drug-likeness (QED) is 0.632. The van der Waals surface area contributed by atoms with Gasteiger partial charge in [0.1, 0.15) is 5.82 Å². The number of aryl methyl sites for hydroxylation is 1. The van der Waals surface area contributed by atoms with Crippen LogP contribution in [-0.4, -0.2) is 21.6 Å². The molecule has 0 saturated carbocycles. The molecule has 0 saturated heterocycles. The van der Waals surface area contributed by atoms with Gasteiger partial charge >= 0.3 is 0 Å². The Morgan fingerprint density at radius 3 is 2.73 bits per heavy atom. The summed E-state index contributed by atoms with van der Waals surface area (Å²) in [6.45, 7) is 2.35. The number of aromatic nitrogens is 2. The molecule has 0 aliphatic heterocycles. The third-order valence-corrected chi connectivity index (χ3v) is 3.84. The second-order valence-electron chi connectivity index (χ2n) is 5.89. The fraction of sp³-hybridized carbons (Fsp3) is 0.150. The first-order valence-corrected chi connectivity index (χ1v) is 8.23. The lowest BCUT2D eigenvalue weighted by Crippen LogP contribution is -2.13. The average molecular weight is 345 g/mol. The Kier molecular flexibility index (Phi) is 5.42. The molecule has 6 heteroatoms. The van der Waals surface area contributed by atoms with Crippen molar-refractivity contribution in [3.8, 4) is 6.07 Å². The van der Waals surface area contributed by atoms with Gasteiger partial charge in [-0.2, -0.15) is 10.2 Å². The standard InChI is InChI=1S/C20H19N5O/c1-14-5-7-16(8-6-14)18(26)13-23-19-9-10-22-20(25-19)24-17-4-2-3-15(11-17)12-21/h2-11,18,26H,13H2,1H3,(H2,22,23,24,25). The van der Waals surface area contributed by atoms with Gasteiger partial charge in [-0.25, -0.2) is 4.98 Å². The van der Waals surface area contributed by atoms with Crippen LogP contribution in [0.4, 0.5) is 17.5 Å². The minimum Gasteiger partial charge on any atom is -0.387 e. The van der Waals surface area contributed by atoms with Gasteiger partial charge in [0, 0.05) is 18.4 Å². The van der Waals surface area contributed by atoms with E-state index in [1.54, 1.807) is 30.5 Å². The van der Waals surface area contributed by atoms with Gasteiger partial charge in [0.25, 0.3) is 0 Å². The summed E-state index contributed by atoms with van der Waals surface area (Å²) >= 11 is 0. The number of nitrogens with one attached hydrogen (secondary N) is 2. The second-order valence-corrected chi connectivity index (χ2v) is 5.89. The molecule has 0 aliphatic carbocycles. The molecule has 0 spiro atoms. The van der Waals surface area contributed by atoms with E-state index in [-0.39, 0.29) is 0 Å². The van der Waals surface area contributed by atoms with Crippen molar-refractivity contribution in [2.45, 2.75) is 13.0 Å². The van der Waals surface area contributed by atoms with Crippen LogP contribution in [0.1, 0.15) is 22.8 Å². The van der Waals surface area contributed by atoms with E-state index >= 15 is 0 Å². The summed E-state index contributed by atoms with van der Waals surface area (Å²) < 4.78 is 0. The van der Waals surface area contributed by atoms with Crippen LogP contribution in [0.15, 0.2) is 60.8 Å². The van der Waals surface area contributed by atoms with Crippen LogP contribution in [0.3, 0.4) is 0 Å². The van der Waals surface area contributed by atoms with Crippen LogP contribution in [0.5, 0.6) is 0 Å². The highest BCUT2D eigenvalue weighted by Gasteiger charge is 2.08. The highest BCUT2D eigenvalue weighted by atomic mass is 16.3. The van der Waals surface area contributed by atoms with Gasteiger partial charge in [-0.15, -0.1) is 0 Å². The molecule has 3 N–H and O–H groups in total. The zero-order chi connectivity index (χ0) is 18.4. The second kappa shape index (κ2) is 8.10. The summed E-state index contributed by atoms with van der Waals surface area (Å²) in [6.07, 6.45) is 0.999. The zero-order valence-corrected chi connectivity index (χ0v) is 14.3. The smallest absolute Gasteiger partial charge is 0.229 e. The van der Waals surface area contributed by atoms with Crippen molar-refractivity contribution in [2.75, 3.05) is 17.2 Å². The average Bonchev–Trinajstić information content (AvgIpc) is 2.67. The van der Waals surface area contributed by atoms with Crippen molar-refractivity contribution in [3.05, 3.63) is 77.5 Å². The fourth-order valence-corrected chi connectivity index (χ4v) is 2.42. The maximum Gasteiger partial charge on any atom is 0.229 e. The predicted molar refractivity (Wildman–Crippen MR) is 101 cm³/mol. The topological polar surface area (TPSA) is 93.9 Å². The Morgan fingerprint density at radius 2 is 1.96 bits per heavy atom. The van der Waals surface area contributed by atoms with Crippen LogP contribution in [-0.2, 0) is 0 Å². The maximum absolute atomic E-state index is 10.3. The van der Waals surface area contributed by atoms with Crippen molar-refractivity contribution >= 4 is 17.5 Å². The van der Waals surface area contributed by atoms with E-state index in [2.05, 4.69) is 26.7 Å². The number of benzene rings is 2. The van der Waals surface area contributed by atoms with Crippen molar-refractivity contribution in [2.24, 2.45) is 0 Å². The highest BCUT2D eigenvalue weighted by molar-refractivity contribution is 5.57. The molecule has 0 radical (unpaired) electrons. The van der Waals surface area contributed by atoms with Gasteiger partial charge in [-0.3, -0.25) is 0 Å². The molecule has 1 heterocycles. The van der Waals surface area contributed by atoms with Crippen molar-refractivity contribution in [3.63, 3.8) is 0 Å². The number of aliphatic hydroxyl groups excluding tert-OH is 1. The van der Waals surface area contributed by atoms with Gasteiger partial charge in [0.2, 0.25) is 5.95 Å². The Balaban J connectivity index is 1.63. The van der Waals surface area contributed by atoms with Crippen molar-refractivity contribution in [1.82, 2.24) is 9.97 Å². The maximum atomic E-state index is 10.3. The van der Waals surface area contributed by atoms with Crippen LogP contribution >= 0.6 is 0 Å². The monoisotopic (exact) mass is 345 g/mol. The summed E-state index contributed by atoms with van der Waals surface area (Å²) in [5.41, 5.74) is 3.30. The van der Waals surface area contributed by atoms with Gasteiger partial charge < -0.3 is 15.7 Å². The molecule has 1 atom stereocenters. The van der Waals surface area contributed by atoms with Crippen LogP contribution in [0.25, 0.3) is 0 Å². The molecule has 2 aromatic carbocycles. The van der Waals surface area contributed by atoms with Gasteiger partial charge in [-0.05, 0) is 36.8 Å². The molecular weight excluding hydrogens is 326 g/mol. The van der Waals surface area contributed by atoms with Crippen LogP contribution in [0, 0.1) is 18.3 Å². The van der Waals surface area contributed by atoms with Gasteiger partial charge in [0.15, 0.2) is 0 Å². The predicted octanol–water partition coefficient (Wildman–Crippen LogP) is 3.55. The van der Waals surface area contributed by atoms with Crippen molar-refractivity contribution in [1.29, 1.82) is 5.26 Å². The van der Waals surface area contributed by atoms with Gasteiger partial charge in [-0.1, -0.05) is 35.9 Å². The normalized spacial score (nSPS) is 11.4. The number of hydrogen-bond acceptors (Lipinski definition) is 6. The molecule has 0 fully saturated rings. The molecule has 6 nitrogen and oxygen atoms in total. The molecule has 1 aromatic heterocycles. The molecule has 0 aliphatic rings. The molecule has 3 rings (SSSR count). The highest BCUT2D eigenvalue weighted by Crippen LogP contribution is 2.17. The minimum atomic E-state index is -0.630. The molecule has 0 bridgehead atoms. The number of rotatable bonds is 6. The Morgan fingerprint density at radius 1 is 1.15 bits per heavy atom. The largest absolute Gasteiger partial charge is 0.387 e. The Hall–Kier alpha value is -3.43. The molecule has 0 amide bonds. The molecular formula is C20H19N5O. The van der Waals surface area contributed by atoms with E-state index in [0.717, 1.165) is 16.8 Å². The first-order valence-electron chi connectivity index (χ1n) is 8.23. The summed E-state index contributed by atoms with van der Waals surface area (Å²) in [7, 11) is 0. The minimum absolute atomic E-state index is 0.337. The lowest BCUT2D eigenvalue weighted by Gasteiger charge is -2.13. The summed E-state index contributed by atoms with van der Waals surface area (Å²) in [5.74, 6) is 1.01. The first-order chi connectivity index (χ1) is 12.6. The van der Waals surface area contributed by atoms with Crippen LogP contribution < -0.4 is 10.6 Å². The zero-order valence-electron chi connectivity index (χ0n) is 14.3. The Bertz CT molecular complexity index is 918. The summed E-state index contributed by atoms with van der Waals surface area (Å²) in [5, 5.41) is 25.4. The van der Waals surface area contributed by atoms with E-state index < -0.39 is 6.10 Å². The lowest BCUT2D eigenvalue weighted by atomic mass is 10.1. The third kappa shape index (κ3) is 4.56. The fourth-order valence-electron chi connectivity index (χ4n) is 2.42. The van der Waals surface area contributed by atoms with E-state index in [9.17, 15) is 5.11 Å². The molecule has 26 heavy (non-hydrogen) atoms. The number of nitrogens with zero attached hydrogens (tertiary/aromatic N) is 3. The SMILES string of the molecule is Cc1ccc(C(O)CNc2ccnc(Nc3cccc(C#N)c3)n2)cc1. The summed E-state index contributed by atoms with van der Waals surface area (Å²) in [4.78, 5) is 8.55. The van der Waals surface area contributed by atoms with Gasteiger partial charge in [0.05, 0.1) is 17.7 Å². The number of anilines is 3. The molecule has 130 valence electrons. The third-order valence-electron chi connectivity index (χ3n) is 3.84. The van der Waals surface area contributed by atoms with E-state index in [4.69, 9.17) is 5.26 Å². The number of nitriles is 1. The van der Waals surface area contributed by atoms with E-state index in [1.165, 1.54) is 0 Å². The van der Waals surface area contributed by atoms with Crippen LogP contribution in [0.2, 0.25) is 0 Å². The van der Waals surface area contributed by atoms with Crippen molar-refractivity contribution < 1.29 is 5.11 Å². The van der Waals surface area contributed by atoms with E-state index in [0.29, 0.717) is 23.9 Å². The number of hydrogen-bond donors (Lipinski definition) is 3. The molecule has 1 unspecified atom stereocenters. The summed E-state index contributed by atoms with van der Waals surface area (Å²) in [6, 6.07) is 18.7. The van der Waals surface area contributed by atoms with E-state index in [1.807, 2.05) is 37.3 Å². The lowest BCUT2D eigenvalue weighted by molar-refractivity contribution is 0.191. The first kappa shape index (κ1) is 17.4.